The first-order valence-electron chi connectivity index (χ1n) is 12.3. The number of hydrogen-bond donors (Lipinski definition) is 3. The second-order valence-corrected chi connectivity index (χ2v) is 9.77. The van der Waals surface area contributed by atoms with Crippen molar-refractivity contribution in [3.05, 3.63) is 59.7 Å². The van der Waals surface area contributed by atoms with Crippen LogP contribution in [0.3, 0.4) is 0 Å². The summed E-state index contributed by atoms with van der Waals surface area (Å²) in [5.74, 6) is -1.69. The van der Waals surface area contributed by atoms with Gasteiger partial charge in [-0.3, -0.25) is 19.2 Å². The predicted octanol–water partition coefficient (Wildman–Crippen LogP) is 1.79. The molecular weight excluding hydrogens is 462 g/mol. The van der Waals surface area contributed by atoms with E-state index in [1.54, 1.807) is 17.0 Å². The Hall–Kier alpha value is -3.72. The number of carbonyl (C=O) groups is 4. The Morgan fingerprint density at radius 2 is 1.81 bits per heavy atom. The molecule has 2 fully saturated rings. The van der Waals surface area contributed by atoms with Crippen LogP contribution in [0.5, 0.6) is 0 Å². The Labute approximate surface area is 208 Å². The van der Waals surface area contributed by atoms with E-state index in [9.17, 15) is 24.3 Å². The van der Waals surface area contributed by atoms with Crippen molar-refractivity contribution in [2.45, 2.75) is 69.5 Å². The summed E-state index contributed by atoms with van der Waals surface area (Å²) < 4.78 is 4.71. The van der Waals surface area contributed by atoms with E-state index in [1.807, 2.05) is 43.3 Å². The van der Waals surface area contributed by atoms with Gasteiger partial charge in [0.15, 0.2) is 0 Å². The predicted molar refractivity (Wildman–Crippen MR) is 130 cm³/mol. The maximum atomic E-state index is 13.7. The van der Waals surface area contributed by atoms with Crippen molar-refractivity contribution < 1.29 is 29.0 Å². The minimum atomic E-state index is -1.40. The first kappa shape index (κ1) is 24.0. The molecule has 2 aromatic carbocycles. The molecule has 2 unspecified atom stereocenters. The van der Waals surface area contributed by atoms with E-state index in [4.69, 9.17) is 4.74 Å². The van der Waals surface area contributed by atoms with Crippen LogP contribution in [-0.2, 0) is 19.1 Å². The largest absolute Gasteiger partial charge is 0.434 e. The molecule has 36 heavy (non-hydrogen) atoms. The van der Waals surface area contributed by atoms with E-state index in [0.29, 0.717) is 31.2 Å². The van der Waals surface area contributed by atoms with Gasteiger partial charge in [0.2, 0.25) is 18.1 Å². The third kappa shape index (κ3) is 4.70. The third-order valence-electron chi connectivity index (χ3n) is 7.24. The van der Waals surface area contributed by atoms with Crippen molar-refractivity contribution in [2.75, 3.05) is 0 Å². The monoisotopic (exact) mass is 491 g/mol. The fourth-order valence-electron chi connectivity index (χ4n) is 5.37. The lowest BCUT2D eigenvalue weighted by molar-refractivity contribution is -0.155. The van der Waals surface area contributed by atoms with Gasteiger partial charge in [0.1, 0.15) is 18.1 Å². The van der Waals surface area contributed by atoms with Crippen LogP contribution < -0.4 is 10.6 Å². The van der Waals surface area contributed by atoms with E-state index in [0.717, 1.165) is 16.3 Å². The van der Waals surface area contributed by atoms with Crippen molar-refractivity contribution in [3.8, 4) is 0 Å². The van der Waals surface area contributed by atoms with Crippen LogP contribution in [0.2, 0.25) is 0 Å². The average molecular weight is 492 g/mol. The van der Waals surface area contributed by atoms with Crippen molar-refractivity contribution in [1.82, 2.24) is 15.5 Å². The van der Waals surface area contributed by atoms with Gasteiger partial charge in [0.25, 0.3) is 5.91 Å². The molecule has 3 aliphatic heterocycles. The summed E-state index contributed by atoms with van der Waals surface area (Å²) in [4.78, 5) is 53.0. The number of cyclic esters (lactones) is 1. The Kier molecular flexibility index (Phi) is 6.49. The molecule has 0 saturated carbocycles. The number of fused-ring (bicyclic) bond motifs is 2. The maximum Gasteiger partial charge on any atom is 0.310 e. The van der Waals surface area contributed by atoms with Gasteiger partial charge in [-0.25, -0.2) is 0 Å². The molecule has 5 atom stereocenters. The van der Waals surface area contributed by atoms with Gasteiger partial charge in [-0.1, -0.05) is 42.0 Å². The molecule has 188 valence electrons. The summed E-state index contributed by atoms with van der Waals surface area (Å²) in [7, 11) is 0. The lowest BCUT2D eigenvalue weighted by Crippen LogP contribution is -2.57. The Balaban J connectivity index is 1.35. The zero-order valence-electron chi connectivity index (χ0n) is 20.0. The van der Waals surface area contributed by atoms with Crippen LogP contribution >= 0.6 is 0 Å². The van der Waals surface area contributed by atoms with Gasteiger partial charge < -0.3 is 25.4 Å². The number of aliphatic hydroxyl groups excluding tert-OH is 1. The average Bonchev–Trinajstić information content (AvgIpc) is 3.41. The van der Waals surface area contributed by atoms with E-state index in [1.165, 1.54) is 0 Å². The van der Waals surface area contributed by atoms with Crippen LogP contribution in [0.4, 0.5) is 0 Å². The highest BCUT2D eigenvalue weighted by Crippen LogP contribution is 2.32. The number of aliphatic hydroxyl groups is 1. The van der Waals surface area contributed by atoms with Gasteiger partial charge in [0.05, 0.1) is 6.42 Å². The number of rotatable bonds is 4. The van der Waals surface area contributed by atoms with Crippen molar-refractivity contribution >= 4 is 34.5 Å². The Morgan fingerprint density at radius 3 is 2.56 bits per heavy atom. The summed E-state index contributed by atoms with van der Waals surface area (Å²) in [5.41, 5.74) is 1.55. The fourth-order valence-corrected chi connectivity index (χ4v) is 5.37. The summed E-state index contributed by atoms with van der Waals surface area (Å²) in [5, 5.41) is 17.4. The zero-order chi connectivity index (χ0) is 25.4. The van der Waals surface area contributed by atoms with Gasteiger partial charge in [-0.05, 0) is 55.5 Å². The van der Waals surface area contributed by atoms with E-state index in [-0.39, 0.29) is 24.3 Å². The molecule has 0 aliphatic carbocycles. The molecule has 0 spiro atoms. The SMILES string of the molecule is CC1=CC[C@H](NC(=O)c2ccc3ccccc3c2)C(=O)N2[C@H](CC[C@H]2C(=O)NC2CC(=O)OC2O)C1. The molecular formula is C27H29N3O6. The minimum Gasteiger partial charge on any atom is -0.434 e. The molecule has 9 nitrogen and oxygen atoms in total. The summed E-state index contributed by atoms with van der Waals surface area (Å²) in [6, 6.07) is 10.5. The molecule has 3 aliphatic rings. The quantitative estimate of drug-likeness (QED) is 0.442. The van der Waals surface area contributed by atoms with Gasteiger partial charge >= 0.3 is 5.97 Å². The van der Waals surface area contributed by atoms with E-state index < -0.39 is 36.3 Å². The molecule has 3 N–H and O–H groups in total. The number of carbonyl (C=O) groups excluding carboxylic acids is 4. The summed E-state index contributed by atoms with van der Waals surface area (Å²) in [6.07, 6.45) is 2.52. The van der Waals surface area contributed by atoms with Crippen molar-refractivity contribution in [2.24, 2.45) is 0 Å². The van der Waals surface area contributed by atoms with Gasteiger partial charge in [-0.15, -0.1) is 0 Å². The maximum absolute atomic E-state index is 13.7. The van der Waals surface area contributed by atoms with E-state index >= 15 is 0 Å². The van der Waals surface area contributed by atoms with Crippen LogP contribution in [0, 0.1) is 0 Å². The number of amides is 3. The highest BCUT2D eigenvalue weighted by molar-refractivity contribution is 6.01. The second-order valence-electron chi connectivity index (χ2n) is 9.77. The number of hydrogen-bond acceptors (Lipinski definition) is 6. The van der Waals surface area contributed by atoms with Crippen molar-refractivity contribution in [3.63, 3.8) is 0 Å². The molecule has 2 saturated heterocycles. The normalized spacial score (nSPS) is 28.1. The number of nitrogens with one attached hydrogen (secondary N) is 2. The minimum absolute atomic E-state index is 0.122. The lowest BCUT2D eigenvalue weighted by Gasteiger charge is -2.35. The van der Waals surface area contributed by atoms with Crippen LogP contribution in [0.1, 0.15) is 49.4 Å². The standard InChI is InChI=1S/C27H29N3O6/c1-15-6-10-20(28-24(32)18-8-7-16-4-2-3-5-17(16)13-18)26(34)30-19(12-15)9-11-22(30)25(33)29-21-14-23(31)36-27(21)35/h2-8,13,19-22,27,35H,9-12,14H2,1H3,(H,28,32)(H,29,33)/t19-,20+,21?,22+,27?/m1/s1. The van der Waals surface area contributed by atoms with Crippen LogP contribution in [0.25, 0.3) is 10.8 Å². The van der Waals surface area contributed by atoms with E-state index in [2.05, 4.69) is 10.6 Å². The lowest BCUT2D eigenvalue weighted by atomic mass is 9.98. The van der Waals surface area contributed by atoms with Crippen LogP contribution in [-0.4, -0.2) is 64.2 Å². The number of esters is 1. The summed E-state index contributed by atoms with van der Waals surface area (Å²) in [6.45, 7) is 1.99. The molecule has 0 radical (unpaired) electrons. The highest BCUT2D eigenvalue weighted by Gasteiger charge is 2.45. The molecule has 3 heterocycles. The van der Waals surface area contributed by atoms with Gasteiger partial charge in [-0.2, -0.15) is 0 Å². The smallest absolute Gasteiger partial charge is 0.310 e. The zero-order valence-corrected chi connectivity index (χ0v) is 20.0. The molecule has 0 aromatic heterocycles. The second kappa shape index (κ2) is 9.73. The Morgan fingerprint density at radius 1 is 1.03 bits per heavy atom. The molecule has 9 heteroatoms. The number of nitrogens with zero attached hydrogens (tertiary/aromatic N) is 1. The molecule has 3 amide bonds. The summed E-state index contributed by atoms with van der Waals surface area (Å²) >= 11 is 0. The molecule has 0 bridgehead atoms. The third-order valence-corrected chi connectivity index (χ3v) is 7.24. The number of benzene rings is 2. The molecule has 2 aromatic rings. The van der Waals surface area contributed by atoms with Crippen molar-refractivity contribution in [1.29, 1.82) is 0 Å². The Bertz CT molecular complexity index is 1260. The topological polar surface area (TPSA) is 125 Å². The highest BCUT2D eigenvalue weighted by atomic mass is 16.6. The van der Waals surface area contributed by atoms with Crippen LogP contribution in [0.15, 0.2) is 54.1 Å². The first-order valence-corrected chi connectivity index (χ1v) is 12.3. The van der Waals surface area contributed by atoms with Gasteiger partial charge in [0, 0.05) is 11.6 Å². The fraction of sp³-hybridized carbons (Fsp3) is 0.407. The first-order chi connectivity index (χ1) is 17.3. The molecule has 5 rings (SSSR count). The number of ether oxygens (including phenoxy) is 1.